The monoisotopic (exact) mass is 358 g/mol. The Kier molecular flexibility index (Phi) is 4.27. The smallest absolute Gasteiger partial charge is 0.224 e. The molecule has 0 spiro atoms. The molecule has 4 heteroatoms. The number of amides is 1. The van der Waals surface area contributed by atoms with Crippen LogP contribution in [0.4, 0.5) is 5.69 Å². The Morgan fingerprint density at radius 2 is 2.22 bits per heavy atom. The maximum atomic E-state index is 12.0. The van der Waals surface area contributed by atoms with E-state index in [1.807, 2.05) is 19.1 Å². The van der Waals surface area contributed by atoms with E-state index >= 15 is 0 Å². The number of anilines is 1. The van der Waals surface area contributed by atoms with Gasteiger partial charge in [-0.25, -0.2) is 0 Å². The summed E-state index contributed by atoms with van der Waals surface area (Å²) in [5, 5.41) is 3.00. The average molecular weight is 358 g/mol. The van der Waals surface area contributed by atoms with Gasteiger partial charge < -0.3 is 11.1 Å². The van der Waals surface area contributed by atoms with E-state index in [-0.39, 0.29) is 11.3 Å². The highest BCUT2D eigenvalue weighted by Crippen LogP contribution is 2.43. The third kappa shape index (κ3) is 3.03. The van der Waals surface area contributed by atoms with E-state index < -0.39 is 0 Å². The van der Waals surface area contributed by atoms with Crippen LogP contribution in [0.5, 0.6) is 0 Å². The Bertz CT molecular complexity index is 450. The van der Waals surface area contributed by atoms with Crippen molar-refractivity contribution < 1.29 is 4.79 Å². The lowest BCUT2D eigenvalue weighted by Gasteiger charge is -2.40. The third-order valence-electron chi connectivity index (χ3n) is 3.85. The Labute approximate surface area is 122 Å². The summed E-state index contributed by atoms with van der Waals surface area (Å²) in [5.41, 5.74) is 7.86. The first-order valence-corrected chi connectivity index (χ1v) is 7.39. The summed E-state index contributed by atoms with van der Waals surface area (Å²) in [6.45, 7) is 2.63. The zero-order valence-electron chi connectivity index (χ0n) is 10.6. The predicted molar refractivity (Wildman–Crippen MR) is 82.5 cm³/mol. The maximum Gasteiger partial charge on any atom is 0.224 e. The molecule has 0 heterocycles. The minimum atomic E-state index is 0.0706. The number of nitrogens with two attached hydrogens (primary N) is 1. The Hall–Kier alpha value is -0.620. The molecule has 0 unspecified atom stereocenters. The Balaban J connectivity index is 1.98. The van der Waals surface area contributed by atoms with Gasteiger partial charge in [-0.3, -0.25) is 4.79 Å². The summed E-state index contributed by atoms with van der Waals surface area (Å²) >= 11 is 2.27. The van der Waals surface area contributed by atoms with Crippen LogP contribution < -0.4 is 11.1 Å². The van der Waals surface area contributed by atoms with Gasteiger partial charge in [0, 0.05) is 15.7 Å². The minimum Gasteiger partial charge on any atom is -0.330 e. The molecule has 0 atom stereocenters. The second-order valence-electron chi connectivity index (χ2n) is 5.24. The first-order chi connectivity index (χ1) is 8.54. The molecule has 1 amide bonds. The predicted octanol–water partition coefficient (Wildman–Crippen LogP) is 3.06. The highest BCUT2D eigenvalue weighted by Gasteiger charge is 2.37. The summed E-state index contributed by atoms with van der Waals surface area (Å²) in [6, 6.07) is 6.04. The number of hydrogen-bond donors (Lipinski definition) is 2. The van der Waals surface area contributed by atoms with Crippen LogP contribution in [-0.2, 0) is 4.79 Å². The normalized spacial score (nSPS) is 17.1. The van der Waals surface area contributed by atoms with E-state index in [0.717, 1.165) is 24.1 Å². The molecular weight excluding hydrogens is 339 g/mol. The van der Waals surface area contributed by atoms with Gasteiger partial charge in [0.05, 0.1) is 0 Å². The Morgan fingerprint density at radius 1 is 1.50 bits per heavy atom. The minimum absolute atomic E-state index is 0.0706. The second kappa shape index (κ2) is 5.57. The standard InChI is InChI=1S/C14H19IN2O/c1-10-7-11(15)3-4-12(10)17-13(18)8-14(9-16)5-2-6-14/h3-4,7H,2,5-6,8-9,16H2,1H3,(H,17,18). The van der Waals surface area contributed by atoms with E-state index in [2.05, 4.69) is 34.0 Å². The van der Waals surface area contributed by atoms with Gasteiger partial charge in [-0.2, -0.15) is 0 Å². The quantitative estimate of drug-likeness (QED) is 0.813. The van der Waals surface area contributed by atoms with Crippen LogP contribution in [0, 0.1) is 15.9 Å². The van der Waals surface area contributed by atoms with Crippen LogP contribution in [0.25, 0.3) is 0 Å². The fourth-order valence-electron chi connectivity index (χ4n) is 2.43. The summed E-state index contributed by atoms with van der Waals surface area (Å²) in [4.78, 5) is 12.0. The topological polar surface area (TPSA) is 55.1 Å². The molecule has 0 aliphatic heterocycles. The highest BCUT2D eigenvalue weighted by molar-refractivity contribution is 14.1. The fourth-order valence-corrected chi connectivity index (χ4v) is 3.08. The molecule has 1 aromatic carbocycles. The first kappa shape index (κ1) is 13.8. The molecular formula is C14H19IN2O. The molecule has 18 heavy (non-hydrogen) atoms. The van der Waals surface area contributed by atoms with Gasteiger partial charge in [0.25, 0.3) is 0 Å². The van der Waals surface area contributed by atoms with Gasteiger partial charge in [0.2, 0.25) is 5.91 Å². The largest absolute Gasteiger partial charge is 0.330 e. The SMILES string of the molecule is Cc1cc(I)ccc1NC(=O)CC1(CN)CCC1. The molecule has 3 N–H and O–H groups in total. The van der Waals surface area contributed by atoms with E-state index in [1.54, 1.807) is 0 Å². The number of hydrogen-bond acceptors (Lipinski definition) is 2. The molecule has 1 fully saturated rings. The number of aryl methyl sites for hydroxylation is 1. The summed E-state index contributed by atoms with van der Waals surface area (Å²) in [6.07, 6.45) is 3.92. The molecule has 1 aliphatic rings. The fraction of sp³-hybridized carbons (Fsp3) is 0.500. The molecule has 1 aliphatic carbocycles. The van der Waals surface area contributed by atoms with Crippen LogP contribution >= 0.6 is 22.6 Å². The van der Waals surface area contributed by atoms with E-state index in [9.17, 15) is 4.79 Å². The van der Waals surface area contributed by atoms with Crippen molar-refractivity contribution in [3.63, 3.8) is 0 Å². The molecule has 2 rings (SSSR count). The van der Waals surface area contributed by atoms with Crippen molar-refractivity contribution >= 4 is 34.2 Å². The van der Waals surface area contributed by atoms with E-state index in [1.165, 1.54) is 9.99 Å². The molecule has 0 radical (unpaired) electrons. The zero-order valence-corrected chi connectivity index (χ0v) is 12.8. The van der Waals surface area contributed by atoms with Gasteiger partial charge in [0.15, 0.2) is 0 Å². The second-order valence-corrected chi connectivity index (χ2v) is 6.49. The van der Waals surface area contributed by atoms with Crippen molar-refractivity contribution in [2.24, 2.45) is 11.1 Å². The van der Waals surface area contributed by atoms with Gasteiger partial charge >= 0.3 is 0 Å². The molecule has 1 saturated carbocycles. The van der Waals surface area contributed by atoms with Crippen molar-refractivity contribution in [2.75, 3.05) is 11.9 Å². The third-order valence-corrected chi connectivity index (χ3v) is 4.52. The van der Waals surface area contributed by atoms with Crippen molar-refractivity contribution in [3.8, 4) is 0 Å². The molecule has 0 bridgehead atoms. The van der Waals surface area contributed by atoms with Crippen molar-refractivity contribution in [3.05, 3.63) is 27.3 Å². The average Bonchev–Trinajstić information content (AvgIpc) is 2.27. The molecule has 0 aromatic heterocycles. The van der Waals surface area contributed by atoms with Crippen molar-refractivity contribution in [1.29, 1.82) is 0 Å². The van der Waals surface area contributed by atoms with Gasteiger partial charge in [-0.15, -0.1) is 0 Å². The van der Waals surface area contributed by atoms with E-state index in [4.69, 9.17) is 5.73 Å². The molecule has 3 nitrogen and oxygen atoms in total. The lowest BCUT2D eigenvalue weighted by Crippen LogP contribution is -2.40. The summed E-state index contributed by atoms with van der Waals surface area (Å²) < 4.78 is 1.18. The highest BCUT2D eigenvalue weighted by atomic mass is 127. The molecule has 0 saturated heterocycles. The van der Waals surface area contributed by atoms with Gasteiger partial charge in [-0.05, 0) is 78.1 Å². The van der Waals surface area contributed by atoms with Gasteiger partial charge in [0.1, 0.15) is 0 Å². The number of carbonyl (C=O) groups excluding carboxylic acids is 1. The van der Waals surface area contributed by atoms with Crippen LogP contribution in [0.15, 0.2) is 18.2 Å². The first-order valence-electron chi connectivity index (χ1n) is 6.31. The number of nitrogens with one attached hydrogen (secondary N) is 1. The Morgan fingerprint density at radius 3 is 2.72 bits per heavy atom. The van der Waals surface area contributed by atoms with E-state index in [0.29, 0.717) is 13.0 Å². The van der Waals surface area contributed by atoms with Gasteiger partial charge in [-0.1, -0.05) is 6.42 Å². The number of carbonyl (C=O) groups is 1. The number of rotatable bonds is 4. The lowest BCUT2D eigenvalue weighted by molar-refractivity contribution is -0.119. The number of benzene rings is 1. The maximum absolute atomic E-state index is 12.0. The molecule has 1 aromatic rings. The van der Waals surface area contributed by atoms with Crippen LogP contribution in [-0.4, -0.2) is 12.5 Å². The van der Waals surface area contributed by atoms with Crippen molar-refractivity contribution in [1.82, 2.24) is 0 Å². The van der Waals surface area contributed by atoms with Crippen LogP contribution in [0.1, 0.15) is 31.2 Å². The molecule has 98 valence electrons. The lowest BCUT2D eigenvalue weighted by atomic mass is 9.66. The summed E-state index contributed by atoms with van der Waals surface area (Å²) in [7, 11) is 0. The van der Waals surface area contributed by atoms with Crippen LogP contribution in [0.3, 0.4) is 0 Å². The van der Waals surface area contributed by atoms with Crippen molar-refractivity contribution in [2.45, 2.75) is 32.6 Å². The zero-order chi connectivity index (χ0) is 13.2. The summed E-state index contributed by atoms with van der Waals surface area (Å²) in [5.74, 6) is 0.0875. The number of halogens is 1. The van der Waals surface area contributed by atoms with Crippen LogP contribution in [0.2, 0.25) is 0 Å².